The largest absolute Gasteiger partial charge is 0.351 e. The van der Waals surface area contributed by atoms with E-state index in [0.29, 0.717) is 28.4 Å². The lowest BCUT2D eigenvalue weighted by Crippen LogP contribution is -2.45. The maximum Gasteiger partial charge on any atom is 0.252 e. The van der Waals surface area contributed by atoms with E-state index in [0.717, 1.165) is 0 Å². The SMILES string of the molecule is N#Cc1ccc(NC(=O)C2CSCN2C(=O)CCNC(=O)c2ccsc2)cc1. The Morgan fingerprint density at radius 1 is 1.21 bits per heavy atom. The molecule has 2 aromatic rings. The van der Waals surface area contributed by atoms with E-state index in [1.54, 1.807) is 40.6 Å². The van der Waals surface area contributed by atoms with Crippen LogP contribution in [0, 0.1) is 11.3 Å². The number of thiophene rings is 1. The predicted molar refractivity (Wildman–Crippen MR) is 109 cm³/mol. The third kappa shape index (κ3) is 4.91. The molecule has 28 heavy (non-hydrogen) atoms. The molecule has 0 bridgehead atoms. The van der Waals surface area contributed by atoms with Gasteiger partial charge in [0.1, 0.15) is 6.04 Å². The summed E-state index contributed by atoms with van der Waals surface area (Å²) in [5.74, 6) is 0.332. The Labute approximate surface area is 170 Å². The van der Waals surface area contributed by atoms with Gasteiger partial charge < -0.3 is 15.5 Å². The fourth-order valence-electron chi connectivity index (χ4n) is 2.68. The minimum atomic E-state index is -0.555. The Morgan fingerprint density at radius 2 is 2.00 bits per heavy atom. The Hall–Kier alpha value is -2.83. The van der Waals surface area contributed by atoms with Crippen molar-refractivity contribution in [2.75, 3.05) is 23.5 Å². The van der Waals surface area contributed by atoms with Gasteiger partial charge in [0, 0.05) is 35.3 Å². The average Bonchev–Trinajstić information content (AvgIpc) is 3.40. The molecule has 7 nitrogen and oxygen atoms in total. The number of anilines is 1. The number of carbonyl (C=O) groups excluding carboxylic acids is 3. The highest BCUT2D eigenvalue weighted by Crippen LogP contribution is 2.23. The third-order valence-electron chi connectivity index (χ3n) is 4.19. The molecule has 3 amide bonds. The number of rotatable bonds is 6. The van der Waals surface area contributed by atoms with Gasteiger partial charge in [-0.25, -0.2) is 0 Å². The summed E-state index contributed by atoms with van der Waals surface area (Å²) < 4.78 is 0. The van der Waals surface area contributed by atoms with Crippen molar-refractivity contribution in [3.63, 3.8) is 0 Å². The zero-order valence-corrected chi connectivity index (χ0v) is 16.5. The topological polar surface area (TPSA) is 102 Å². The van der Waals surface area contributed by atoms with E-state index in [-0.39, 0.29) is 30.7 Å². The maximum atomic E-state index is 12.6. The second kappa shape index (κ2) is 9.39. The van der Waals surface area contributed by atoms with Crippen molar-refractivity contribution >= 4 is 46.5 Å². The molecule has 0 saturated carbocycles. The zero-order chi connectivity index (χ0) is 19.9. The molecule has 0 spiro atoms. The first-order chi connectivity index (χ1) is 13.6. The molecular formula is C19H18N4O3S2. The number of carbonyl (C=O) groups is 3. The van der Waals surface area contributed by atoms with Crippen molar-refractivity contribution in [2.24, 2.45) is 0 Å². The summed E-state index contributed by atoms with van der Waals surface area (Å²) in [4.78, 5) is 38.5. The number of nitriles is 1. The lowest BCUT2D eigenvalue weighted by Gasteiger charge is -2.23. The van der Waals surface area contributed by atoms with Gasteiger partial charge in [-0.3, -0.25) is 14.4 Å². The second-order valence-corrected chi connectivity index (χ2v) is 7.86. The van der Waals surface area contributed by atoms with Crippen LogP contribution < -0.4 is 10.6 Å². The van der Waals surface area contributed by atoms with Crippen LogP contribution in [0.4, 0.5) is 5.69 Å². The third-order valence-corrected chi connectivity index (χ3v) is 5.89. The first kappa shape index (κ1) is 19.9. The van der Waals surface area contributed by atoms with Gasteiger partial charge in [0.2, 0.25) is 11.8 Å². The molecule has 1 atom stereocenters. The number of amides is 3. The van der Waals surface area contributed by atoms with Crippen molar-refractivity contribution in [1.29, 1.82) is 5.26 Å². The van der Waals surface area contributed by atoms with E-state index in [2.05, 4.69) is 10.6 Å². The van der Waals surface area contributed by atoms with E-state index >= 15 is 0 Å². The minimum Gasteiger partial charge on any atom is -0.351 e. The van der Waals surface area contributed by atoms with Crippen molar-refractivity contribution < 1.29 is 14.4 Å². The quantitative estimate of drug-likeness (QED) is 0.755. The van der Waals surface area contributed by atoms with Gasteiger partial charge in [0.05, 0.1) is 17.5 Å². The van der Waals surface area contributed by atoms with Crippen molar-refractivity contribution in [3.05, 3.63) is 52.2 Å². The van der Waals surface area contributed by atoms with E-state index in [9.17, 15) is 14.4 Å². The van der Waals surface area contributed by atoms with Crippen LogP contribution in [-0.2, 0) is 9.59 Å². The van der Waals surface area contributed by atoms with Gasteiger partial charge in [-0.1, -0.05) is 0 Å². The Kier molecular flexibility index (Phi) is 6.68. The van der Waals surface area contributed by atoms with Crippen LogP contribution in [0.1, 0.15) is 22.3 Å². The normalized spacial score (nSPS) is 15.7. The van der Waals surface area contributed by atoms with E-state index in [4.69, 9.17) is 5.26 Å². The molecule has 1 saturated heterocycles. The van der Waals surface area contributed by atoms with Crippen LogP contribution in [0.3, 0.4) is 0 Å². The molecule has 2 heterocycles. The van der Waals surface area contributed by atoms with Gasteiger partial charge in [0.15, 0.2) is 0 Å². The number of nitrogens with zero attached hydrogens (tertiary/aromatic N) is 2. The second-order valence-electron chi connectivity index (χ2n) is 6.08. The Balaban J connectivity index is 1.51. The molecular weight excluding hydrogens is 396 g/mol. The Morgan fingerprint density at radius 3 is 2.68 bits per heavy atom. The summed E-state index contributed by atoms with van der Waals surface area (Å²) >= 11 is 2.95. The van der Waals surface area contributed by atoms with E-state index in [1.165, 1.54) is 23.1 Å². The van der Waals surface area contributed by atoms with Crippen LogP contribution in [0.5, 0.6) is 0 Å². The van der Waals surface area contributed by atoms with E-state index < -0.39 is 6.04 Å². The molecule has 1 aliphatic rings. The summed E-state index contributed by atoms with van der Waals surface area (Å²) in [6.45, 7) is 0.221. The standard InChI is InChI=1S/C19H18N4O3S2/c20-9-13-1-3-15(4-2-13)22-19(26)16-11-28-12-23(16)17(24)5-7-21-18(25)14-6-8-27-10-14/h1-4,6,8,10,16H,5,7,11-12H2,(H,21,25)(H,22,26). The number of benzene rings is 1. The summed E-state index contributed by atoms with van der Waals surface area (Å²) in [7, 11) is 0. The molecule has 144 valence electrons. The average molecular weight is 415 g/mol. The molecule has 2 N–H and O–H groups in total. The van der Waals surface area contributed by atoms with Gasteiger partial charge in [-0.2, -0.15) is 16.6 Å². The molecule has 0 aliphatic carbocycles. The lowest BCUT2D eigenvalue weighted by atomic mass is 10.2. The molecule has 9 heteroatoms. The van der Waals surface area contributed by atoms with Crippen LogP contribution in [0.25, 0.3) is 0 Å². The first-order valence-electron chi connectivity index (χ1n) is 8.57. The molecule has 0 radical (unpaired) electrons. The first-order valence-corrected chi connectivity index (χ1v) is 10.7. The fourth-order valence-corrected chi connectivity index (χ4v) is 4.50. The Bertz CT molecular complexity index is 891. The lowest BCUT2D eigenvalue weighted by molar-refractivity contribution is -0.136. The van der Waals surface area contributed by atoms with Gasteiger partial charge >= 0.3 is 0 Å². The van der Waals surface area contributed by atoms with Gasteiger partial charge in [0.25, 0.3) is 5.91 Å². The summed E-state index contributed by atoms with van der Waals surface area (Å²) in [6.07, 6.45) is 0.136. The number of hydrogen-bond donors (Lipinski definition) is 2. The molecule has 1 aromatic carbocycles. The molecule has 1 aliphatic heterocycles. The van der Waals surface area contributed by atoms with Gasteiger partial charge in [-0.05, 0) is 35.7 Å². The van der Waals surface area contributed by atoms with E-state index in [1.807, 2.05) is 11.4 Å². The van der Waals surface area contributed by atoms with Gasteiger partial charge in [-0.15, -0.1) is 11.8 Å². The van der Waals surface area contributed by atoms with Crippen LogP contribution in [0.2, 0.25) is 0 Å². The number of thioether (sulfide) groups is 1. The van der Waals surface area contributed by atoms with Crippen molar-refractivity contribution in [3.8, 4) is 6.07 Å². The molecule has 1 aromatic heterocycles. The molecule has 1 unspecified atom stereocenters. The monoisotopic (exact) mass is 414 g/mol. The highest BCUT2D eigenvalue weighted by atomic mass is 32.2. The smallest absolute Gasteiger partial charge is 0.252 e. The maximum absolute atomic E-state index is 12.6. The highest BCUT2D eigenvalue weighted by Gasteiger charge is 2.34. The minimum absolute atomic E-state index is 0.136. The molecule has 3 rings (SSSR count). The molecule has 1 fully saturated rings. The fraction of sp³-hybridized carbons (Fsp3) is 0.263. The summed E-state index contributed by atoms with van der Waals surface area (Å²) in [5.41, 5.74) is 1.67. The van der Waals surface area contributed by atoms with Crippen LogP contribution in [0.15, 0.2) is 41.1 Å². The number of nitrogens with one attached hydrogen (secondary N) is 2. The summed E-state index contributed by atoms with van der Waals surface area (Å²) in [5, 5.41) is 17.9. The van der Waals surface area contributed by atoms with Crippen LogP contribution in [-0.4, -0.2) is 46.8 Å². The summed E-state index contributed by atoms with van der Waals surface area (Å²) in [6, 6.07) is 9.75. The van der Waals surface area contributed by atoms with Crippen molar-refractivity contribution in [1.82, 2.24) is 10.2 Å². The zero-order valence-electron chi connectivity index (χ0n) is 14.9. The number of hydrogen-bond acceptors (Lipinski definition) is 6. The van der Waals surface area contributed by atoms with Crippen LogP contribution >= 0.6 is 23.1 Å². The highest BCUT2D eigenvalue weighted by molar-refractivity contribution is 7.99. The predicted octanol–water partition coefficient (Wildman–Crippen LogP) is 2.28. The van der Waals surface area contributed by atoms with Crippen molar-refractivity contribution in [2.45, 2.75) is 12.5 Å².